The number of nitrogens with zero attached hydrogens (tertiary/aromatic N) is 2. The van der Waals surface area contributed by atoms with Gasteiger partial charge in [0.25, 0.3) is 0 Å². The van der Waals surface area contributed by atoms with Crippen LogP contribution in [-0.2, 0) is 0 Å². The first-order valence-electron chi connectivity index (χ1n) is 6.50. The lowest BCUT2D eigenvalue weighted by Gasteiger charge is -2.12. The number of hydrogen-bond acceptors (Lipinski definition) is 2. The lowest BCUT2D eigenvalue weighted by atomic mass is 9.95. The first-order valence-corrected chi connectivity index (χ1v) is 6.50. The molecule has 1 heterocycles. The van der Waals surface area contributed by atoms with Crippen molar-refractivity contribution in [3.63, 3.8) is 0 Å². The molecule has 0 radical (unpaired) electrons. The van der Waals surface area contributed by atoms with E-state index in [2.05, 4.69) is 16.0 Å². The van der Waals surface area contributed by atoms with E-state index in [1.165, 1.54) is 30.4 Å². The molecular formula is C16H16N2. The molecule has 0 aliphatic heterocycles. The normalized spacial score (nSPS) is 15.2. The summed E-state index contributed by atoms with van der Waals surface area (Å²) in [7, 11) is 0. The molecule has 0 atom stereocenters. The van der Waals surface area contributed by atoms with Crippen molar-refractivity contribution >= 4 is 5.57 Å². The Morgan fingerprint density at radius 2 is 1.61 bits per heavy atom. The second-order valence-electron chi connectivity index (χ2n) is 4.64. The number of allylic oxidation sites excluding steroid dienone is 2. The Balaban J connectivity index is 1.87. The van der Waals surface area contributed by atoms with Crippen molar-refractivity contribution in [1.29, 1.82) is 0 Å². The highest BCUT2D eigenvalue weighted by Gasteiger charge is 2.07. The van der Waals surface area contributed by atoms with Crippen LogP contribution in [0.4, 0.5) is 0 Å². The molecule has 18 heavy (non-hydrogen) atoms. The van der Waals surface area contributed by atoms with Gasteiger partial charge in [0.05, 0.1) is 0 Å². The van der Waals surface area contributed by atoms with Crippen molar-refractivity contribution in [1.82, 2.24) is 9.97 Å². The number of hydrogen-bond donors (Lipinski definition) is 0. The van der Waals surface area contributed by atoms with Crippen molar-refractivity contribution in [2.75, 3.05) is 0 Å². The van der Waals surface area contributed by atoms with E-state index in [4.69, 9.17) is 0 Å². The summed E-state index contributed by atoms with van der Waals surface area (Å²) in [6, 6.07) is 10.1. The molecule has 2 aromatic rings. The van der Waals surface area contributed by atoms with E-state index in [-0.39, 0.29) is 0 Å². The summed E-state index contributed by atoms with van der Waals surface area (Å²) in [5.74, 6) is 0.802. The fraction of sp³-hybridized carbons (Fsp3) is 0.250. The minimum absolute atomic E-state index is 0.802. The quantitative estimate of drug-likeness (QED) is 0.784. The van der Waals surface area contributed by atoms with Crippen LogP contribution in [-0.4, -0.2) is 9.97 Å². The van der Waals surface area contributed by atoms with E-state index in [0.717, 1.165) is 17.8 Å². The summed E-state index contributed by atoms with van der Waals surface area (Å²) in [6.07, 6.45) is 11.2. The summed E-state index contributed by atoms with van der Waals surface area (Å²) < 4.78 is 0. The molecule has 1 aliphatic rings. The van der Waals surface area contributed by atoms with Gasteiger partial charge in [-0.25, -0.2) is 9.97 Å². The van der Waals surface area contributed by atoms with Gasteiger partial charge in [0.2, 0.25) is 0 Å². The molecular weight excluding hydrogens is 220 g/mol. The minimum atomic E-state index is 0.802. The zero-order chi connectivity index (χ0) is 12.2. The summed E-state index contributed by atoms with van der Waals surface area (Å²) in [5, 5.41) is 0. The van der Waals surface area contributed by atoms with Crippen LogP contribution in [0.3, 0.4) is 0 Å². The fourth-order valence-electron chi connectivity index (χ4n) is 2.33. The number of aromatic nitrogens is 2. The predicted octanol–water partition coefficient (Wildman–Crippen LogP) is 4.10. The van der Waals surface area contributed by atoms with Crippen LogP contribution >= 0.6 is 0 Å². The molecule has 1 aliphatic carbocycles. The Hall–Kier alpha value is -1.96. The van der Waals surface area contributed by atoms with E-state index in [9.17, 15) is 0 Å². The molecule has 1 aromatic carbocycles. The highest BCUT2D eigenvalue weighted by atomic mass is 14.9. The molecule has 0 bridgehead atoms. The van der Waals surface area contributed by atoms with Gasteiger partial charge < -0.3 is 0 Å². The fourth-order valence-corrected chi connectivity index (χ4v) is 2.33. The van der Waals surface area contributed by atoms with Crippen LogP contribution in [0.15, 0.2) is 48.8 Å². The Labute approximate surface area is 107 Å². The third-order valence-corrected chi connectivity index (χ3v) is 3.35. The topological polar surface area (TPSA) is 25.8 Å². The van der Waals surface area contributed by atoms with E-state index < -0.39 is 0 Å². The van der Waals surface area contributed by atoms with Crippen LogP contribution in [0.1, 0.15) is 31.2 Å². The van der Waals surface area contributed by atoms with Gasteiger partial charge in [-0.05, 0) is 31.3 Å². The molecule has 2 heteroatoms. The van der Waals surface area contributed by atoms with Crippen molar-refractivity contribution in [3.05, 3.63) is 54.4 Å². The third kappa shape index (κ3) is 2.33. The van der Waals surface area contributed by atoms with Crippen LogP contribution in [0.2, 0.25) is 0 Å². The first-order chi connectivity index (χ1) is 8.93. The van der Waals surface area contributed by atoms with E-state index in [1.807, 2.05) is 42.7 Å². The molecule has 0 fully saturated rings. The van der Waals surface area contributed by atoms with Crippen molar-refractivity contribution < 1.29 is 0 Å². The predicted molar refractivity (Wildman–Crippen MR) is 73.9 cm³/mol. The van der Waals surface area contributed by atoms with Crippen molar-refractivity contribution in [3.8, 4) is 11.4 Å². The average molecular weight is 236 g/mol. The first kappa shape index (κ1) is 11.1. The van der Waals surface area contributed by atoms with Gasteiger partial charge in [0.15, 0.2) is 5.82 Å². The number of rotatable bonds is 2. The maximum Gasteiger partial charge on any atom is 0.159 e. The molecule has 90 valence electrons. The summed E-state index contributed by atoms with van der Waals surface area (Å²) in [5.41, 5.74) is 3.65. The van der Waals surface area contributed by atoms with Gasteiger partial charge in [-0.3, -0.25) is 0 Å². The Kier molecular flexibility index (Phi) is 3.18. The lowest BCUT2D eigenvalue weighted by Crippen LogP contribution is -1.95. The highest BCUT2D eigenvalue weighted by molar-refractivity contribution is 5.66. The molecule has 0 amide bonds. The molecule has 0 saturated carbocycles. The van der Waals surface area contributed by atoms with Crippen LogP contribution < -0.4 is 0 Å². The van der Waals surface area contributed by atoms with Gasteiger partial charge in [-0.2, -0.15) is 0 Å². The minimum Gasteiger partial charge on any atom is -0.236 e. The van der Waals surface area contributed by atoms with Crippen molar-refractivity contribution in [2.24, 2.45) is 0 Å². The Morgan fingerprint density at radius 3 is 2.28 bits per heavy atom. The summed E-state index contributed by atoms with van der Waals surface area (Å²) in [6.45, 7) is 0. The molecule has 0 spiro atoms. The molecule has 0 saturated heterocycles. The Morgan fingerprint density at radius 1 is 0.833 bits per heavy atom. The smallest absolute Gasteiger partial charge is 0.159 e. The van der Waals surface area contributed by atoms with E-state index in [0.29, 0.717) is 0 Å². The van der Waals surface area contributed by atoms with Gasteiger partial charge in [0.1, 0.15) is 0 Å². The van der Waals surface area contributed by atoms with Crippen molar-refractivity contribution in [2.45, 2.75) is 25.7 Å². The maximum atomic E-state index is 4.47. The van der Waals surface area contributed by atoms with Crippen LogP contribution in [0.5, 0.6) is 0 Å². The standard InChI is InChI=1S/C16H16N2/c1-3-7-13(8-4-1)15-11-17-16(18-12-15)14-9-5-2-6-10-14/h2,5-7,9-12H,1,3-4,8H2. The SMILES string of the molecule is C1=C(c2cnc(-c3ccccc3)nc2)CCCC1. The molecule has 2 nitrogen and oxygen atoms in total. The largest absolute Gasteiger partial charge is 0.236 e. The van der Waals surface area contributed by atoms with Gasteiger partial charge in [0, 0.05) is 23.5 Å². The monoisotopic (exact) mass is 236 g/mol. The summed E-state index contributed by atoms with van der Waals surface area (Å²) in [4.78, 5) is 8.94. The highest BCUT2D eigenvalue weighted by Crippen LogP contribution is 2.26. The van der Waals surface area contributed by atoms with Gasteiger partial charge >= 0.3 is 0 Å². The Bertz CT molecular complexity index is 541. The molecule has 0 unspecified atom stereocenters. The zero-order valence-electron chi connectivity index (χ0n) is 10.3. The summed E-state index contributed by atoms with van der Waals surface area (Å²) >= 11 is 0. The third-order valence-electron chi connectivity index (χ3n) is 3.35. The van der Waals surface area contributed by atoms with Crippen LogP contribution in [0.25, 0.3) is 17.0 Å². The number of benzene rings is 1. The van der Waals surface area contributed by atoms with Gasteiger partial charge in [-0.1, -0.05) is 36.4 Å². The molecule has 3 rings (SSSR count). The zero-order valence-corrected chi connectivity index (χ0v) is 10.3. The second kappa shape index (κ2) is 5.13. The van der Waals surface area contributed by atoms with E-state index >= 15 is 0 Å². The molecule has 1 aromatic heterocycles. The lowest BCUT2D eigenvalue weighted by molar-refractivity contribution is 0.741. The maximum absolute atomic E-state index is 4.47. The van der Waals surface area contributed by atoms with E-state index in [1.54, 1.807) is 0 Å². The molecule has 0 N–H and O–H groups in total. The average Bonchev–Trinajstić information content (AvgIpc) is 2.49. The van der Waals surface area contributed by atoms with Gasteiger partial charge in [-0.15, -0.1) is 0 Å². The second-order valence-corrected chi connectivity index (χ2v) is 4.64. The van der Waals surface area contributed by atoms with Crippen LogP contribution in [0, 0.1) is 0 Å².